The van der Waals surface area contributed by atoms with Gasteiger partial charge in [0.1, 0.15) is 0 Å². The van der Waals surface area contributed by atoms with Crippen molar-refractivity contribution < 1.29 is 13.2 Å². The Labute approximate surface area is 158 Å². The van der Waals surface area contributed by atoms with Crippen molar-refractivity contribution in [2.45, 2.75) is 44.3 Å². The van der Waals surface area contributed by atoms with Gasteiger partial charge in [0.2, 0.25) is 0 Å². The monoisotopic (exact) mass is 396 g/mol. The van der Waals surface area contributed by atoms with Gasteiger partial charge in [-0.25, -0.2) is 0 Å². The topological polar surface area (TPSA) is 15.3 Å². The highest BCUT2D eigenvalue weighted by Crippen LogP contribution is 2.41. The number of alkyl halides is 3. The molecule has 142 valence electrons. The second kappa shape index (κ2) is 8.94. The fourth-order valence-electron chi connectivity index (χ4n) is 4.14. The van der Waals surface area contributed by atoms with Gasteiger partial charge in [0.25, 0.3) is 0 Å². The van der Waals surface area contributed by atoms with Crippen LogP contribution >= 0.6 is 24.0 Å². The van der Waals surface area contributed by atoms with Crippen LogP contribution in [-0.4, -0.2) is 31.1 Å². The minimum Gasteiger partial charge on any atom is -0.314 e. The van der Waals surface area contributed by atoms with Crippen molar-refractivity contribution in [2.75, 3.05) is 26.2 Å². The molecule has 0 unspecified atom stereocenters. The van der Waals surface area contributed by atoms with E-state index in [4.69, 9.17) is 11.6 Å². The van der Waals surface area contributed by atoms with Gasteiger partial charge >= 0.3 is 6.18 Å². The first kappa shape index (κ1) is 20.8. The summed E-state index contributed by atoms with van der Waals surface area (Å²) in [5, 5.41) is 3.50. The van der Waals surface area contributed by atoms with Gasteiger partial charge in [-0.2, -0.15) is 13.2 Å². The van der Waals surface area contributed by atoms with Crippen molar-refractivity contribution >= 4 is 24.0 Å². The Balaban J connectivity index is 0.00000225. The molecule has 0 amide bonds. The minimum absolute atomic E-state index is 0. The van der Waals surface area contributed by atoms with Crippen molar-refractivity contribution in [3.8, 4) is 0 Å². The lowest BCUT2D eigenvalue weighted by Gasteiger charge is -2.41. The summed E-state index contributed by atoms with van der Waals surface area (Å²) in [5.74, 6) is 0.413. The van der Waals surface area contributed by atoms with Gasteiger partial charge < -0.3 is 5.32 Å². The normalized spacial score (nSPS) is 21.6. The SMILES string of the molecule is Cl.FC(F)(F)c1cc(Cl)cc([C@H](C2CCCCC2)N2CCNCC2)c1. The average molecular weight is 397 g/mol. The Morgan fingerprint density at radius 3 is 2.28 bits per heavy atom. The molecule has 7 heteroatoms. The Bertz CT molecular complexity index is 536. The molecule has 1 heterocycles. The van der Waals surface area contributed by atoms with E-state index in [0.29, 0.717) is 5.92 Å². The van der Waals surface area contributed by atoms with Crippen LogP contribution in [-0.2, 0) is 6.18 Å². The van der Waals surface area contributed by atoms with Crippen molar-refractivity contribution in [1.29, 1.82) is 0 Å². The smallest absolute Gasteiger partial charge is 0.314 e. The number of halogens is 5. The number of nitrogens with zero attached hydrogens (tertiary/aromatic N) is 1. The lowest BCUT2D eigenvalue weighted by Crippen LogP contribution is -2.47. The van der Waals surface area contributed by atoms with Gasteiger partial charge in [0, 0.05) is 37.2 Å². The van der Waals surface area contributed by atoms with Crippen LogP contribution in [0, 0.1) is 5.92 Å². The highest BCUT2D eigenvalue weighted by atomic mass is 35.5. The molecule has 0 radical (unpaired) electrons. The van der Waals surface area contributed by atoms with E-state index in [2.05, 4.69) is 10.2 Å². The van der Waals surface area contributed by atoms with E-state index in [1.807, 2.05) is 0 Å². The number of hydrogen-bond donors (Lipinski definition) is 1. The molecular weight excluding hydrogens is 372 g/mol. The number of benzene rings is 1. The second-order valence-corrected chi connectivity index (χ2v) is 7.34. The third kappa shape index (κ3) is 5.25. The van der Waals surface area contributed by atoms with Gasteiger partial charge in [0.15, 0.2) is 0 Å². The van der Waals surface area contributed by atoms with Crippen LogP contribution in [0.2, 0.25) is 5.02 Å². The molecule has 2 aliphatic rings. The van der Waals surface area contributed by atoms with Crippen LogP contribution in [0.15, 0.2) is 18.2 Å². The van der Waals surface area contributed by atoms with E-state index >= 15 is 0 Å². The maximum absolute atomic E-state index is 13.2. The van der Waals surface area contributed by atoms with Crippen molar-refractivity contribution in [3.05, 3.63) is 34.3 Å². The third-order valence-corrected chi connectivity index (χ3v) is 5.45. The zero-order valence-corrected chi connectivity index (χ0v) is 15.7. The van der Waals surface area contributed by atoms with Crippen LogP contribution in [0.25, 0.3) is 0 Å². The Morgan fingerprint density at radius 1 is 1.04 bits per heavy atom. The zero-order valence-electron chi connectivity index (χ0n) is 14.1. The fourth-order valence-corrected chi connectivity index (χ4v) is 4.38. The molecule has 1 aromatic rings. The molecule has 2 nitrogen and oxygen atoms in total. The van der Waals surface area contributed by atoms with Gasteiger partial charge in [-0.3, -0.25) is 4.90 Å². The zero-order chi connectivity index (χ0) is 17.2. The maximum Gasteiger partial charge on any atom is 0.416 e. The third-order valence-electron chi connectivity index (χ3n) is 5.23. The number of piperazine rings is 1. The van der Waals surface area contributed by atoms with E-state index in [1.165, 1.54) is 25.3 Å². The Morgan fingerprint density at radius 2 is 1.68 bits per heavy atom. The lowest BCUT2D eigenvalue weighted by molar-refractivity contribution is -0.137. The van der Waals surface area contributed by atoms with Crippen LogP contribution in [0.5, 0.6) is 0 Å². The highest BCUT2D eigenvalue weighted by molar-refractivity contribution is 6.30. The fraction of sp³-hybridized carbons (Fsp3) is 0.667. The summed E-state index contributed by atoms with van der Waals surface area (Å²) in [6.45, 7) is 3.51. The van der Waals surface area contributed by atoms with Crippen LogP contribution < -0.4 is 5.32 Å². The van der Waals surface area contributed by atoms with Crippen molar-refractivity contribution in [3.63, 3.8) is 0 Å². The molecule has 25 heavy (non-hydrogen) atoms. The predicted octanol–water partition coefficient (Wildman–Crippen LogP) is 5.31. The number of nitrogens with one attached hydrogen (secondary N) is 1. The summed E-state index contributed by atoms with van der Waals surface area (Å²) in [6, 6.07) is 4.11. The first-order valence-corrected chi connectivity index (χ1v) is 9.15. The summed E-state index contributed by atoms with van der Waals surface area (Å²) < 4.78 is 39.6. The van der Waals surface area contributed by atoms with Crippen LogP contribution in [0.1, 0.15) is 49.3 Å². The van der Waals surface area contributed by atoms with E-state index in [-0.39, 0.29) is 23.5 Å². The highest BCUT2D eigenvalue weighted by Gasteiger charge is 2.35. The summed E-state index contributed by atoms with van der Waals surface area (Å²) >= 11 is 6.05. The molecule has 1 saturated heterocycles. The van der Waals surface area contributed by atoms with Gasteiger partial charge in [-0.15, -0.1) is 12.4 Å². The molecular formula is C18H25Cl2F3N2. The molecule has 1 saturated carbocycles. The molecule has 0 bridgehead atoms. The largest absolute Gasteiger partial charge is 0.416 e. The molecule has 1 aliphatic heterocycles. The van der Waals surface area contributed by atoms with Gasteiger partial charge in [-0.1, -0.05) is 30.9 Å². The molecule has 1 atom stereocenters. The first-order chi connectivity index (χ1) is 11.4. The van der Waals surface area contributed by atoms with E-state index in [1.54, 1.807) is 6.07 Å². The molecule has 0 aromatic heterocycles. The van der Waals surface area contributed by atoms with Crippen LogP contribution in [0.4, 0.5) is 13.2 Å². The van der Waals surface area contributed by atoms with E-state index in [9.17, 15) is 13.2 Å². The summed E-state index contributed by atoms with van der Waals surface area (Å²) in [5.41, 5.74) is 0.0876. The Kier molecular flexibility index (Phi) is 7.44. The molecule has 3 rings (SSSR count). The lowest BCUT2D eigenvalue weighted by atomic mass is 9.80. The standard InChI is InChI=1S/C18H24ClF3N2.ClH/c19-16-11-14(10-15(12-16)18(20,21)22)17(13-4-2-1-3-5-13)24-8-6-23-7-9-24;/h10-13,17,23H,1-9H2;1H/t17-;/m0./s1. The minimum atomic E-state index is -4.36. The molecule has 2 fully saturated rings. The van der Waals surface area contributed by atoms with Gasteiger partial charge in [-0.05, 0) is 42.5 Å². The van der Waals surface area contributed by atoms with E-state index < -0.39 is 11.7 Å². The predicted molar refractivity (Wildman–Crippen MR) is 97.5 cm³/mol. The maximum atomic E-state index is 13.2. The quantitative estimate of drug-likeness (QED) is 0.744. The summed E-state index contributed by atoms with van der Waals surface area (Å²) in [6.07, 6.45) is 1.37. The average Bonchev–Trinajstić information content (AvgIpc) is 2.56. The first-order valence-electron chi connectivity index (χ1n) is 8.77. The summed E-state index contributed by atoms with van der Waals surface area (Å²) in [4.78, 5) is 2.35. The number of hydrogen-bond acceptors (Lipinski definition) is 2. The number of rotatable bonds is 3. The molecule has 1 aliphatic carbocycles. The van der Waals surface area contributed by atoms with E-state index in [0.717, 1.165) is 50.7 Å². The van der Waals surface area contributed by atoms with Gasteiger partial charge in [0.05, 0.1) is 5.56 Å². The second-order valence-electron chi connectivity index (χ2n) is 6.90. The van der Waals surface area contributed by atoms with Crippen molar-refractivity contribution in [1.82, 2.24) is 10.2 Å². The van der Waals surface area contributed by atoms with Crippen molar-refractivity contribution in [2.24, 2.45) is 5.92 Å². The molecule has 0 spiro atoms. The molecule has 1 N–H and O–H groups in total. The van der Waals surface area contributed by atoms with Crippen LogP contribution in [0.3, 0.4) is 0 Å². The molecule has 1 aromatic carbocycles. The summed E-state index contributed by atoms with van der Waals surface area (Å²) in [7, 11) is 0. The Hall–Kier alpha value is -0.490.